The molecule has 0 radical (unpaired) electrons. The molecule has 2 fully saturated rings. The summed E-state index contributed by atoms with van der Waals surface area (Å²) >= 11 is 0. The van der Waals surface area contributed by atoms with Crippen LogP contribution < -0.4 is 9.64 Å². The number of amides is 1. The molecule has 2 heterocycles. The Morgan fingerprint density at radius 3 is 2.38 bits per heavy atom. The van der Waals surface area contributed by atoms with Crippen molar-refractivity contribution in [3.8, 4) is 11.6 Å². The molecule has 0 atom stereocenters. The highest BCUT2D eigenvalue weighted by atomic mass is 19.4. The highest BCUT2D eigenvalue weighted by Crippen LogP contribution is 2.40. The number of carbonyl (C=O) groups is 2. The average molecular weight is 602 g/mol. The van der Waals surface area contributed by atoms with E-state index in [1.54, 1.807) is 13.8 Å². The van der Waals surface area contributed by atoms with E-state index in [0.29, 0.717) is 24.8 Å². The Kier molecular flexibility index (Phi) is 9.10. The number of carboxylic acids is 1. The quantitative estimate of drug-likeness (QED) is 0.324. The SMILES string of the molecule is CC1CCC(C(=O)N(c2cc(F)c(Oc3ncc(CN4CCC(F)(F)C4)cc3C(F)(F)F)cc2C(=O)O)C(C)C)CC1. The van der Waals surface area contributed by atoms with Crippen LogP contribution in [0.25, 0.3) is 0 Å². The summed E-state index contributed by atoms with van der Waals surface area (Å²) in [5.41, 5.74) is -2.14. The van der Waals surface area contributed by atoms with E-state index < -0.39 is 65.6 Å². The molecular formula is C29H33F6N3O4. The van der Waals surface area contributed by atoms with Crippen LogP contribution in [0, 0.1) is 17.7 Å². The third kappa shape index (κ3) is 7.16. The standard InChI is InChI=1S/C29H33F6N3O4/c1-16(2)38(26(39)19-6-4-17(3)5-7-19)23-12-22(30)24(11-20(23)27(40)41)42-25-21(29(33,34)35)10-18(13-36-25)14-37-9-8-28(31,32)15-37/h10-13,16-17,19H,4-9,14-15H2,1-3H3,(H,40,41). The highest BCUT2D eigenvalue weighted by molar-refractivity contribution is 6.03. The topological polar surface area (TPSA) is 83.0 Å². The third-order valence-electron chi connectivity index (χ3n) is 7.73. The molecule has 1 aliphatic carbocycles. The maximum Gasteiger partial charge on any atom is 0.421 e. The van der Waals surface area contributed by atoms with Gasteiger partial charge in [0.25, 0.3) is 5.92 Å². The Hall–Kier alpha value is -3.35. The number of aromatic nitrogens is 1. The number of carboxylic acid groups (broad SMARTS) is 1. The van der Waals surface area contributed by atoms with Crippen molar-refractivity contribution >= 4 is 17.6 Å². The van der Waals surface area contributed by atoms with Gasteiger partial charge in [-0.1, -0.05) is 6.92 Å². The van der Waals surface area contributed by atoms with E-state index in [1.807, 2.05) is 0 Å². The fourth-order valence-corrected chi connectivity index (χ4v) is 5.52. The number of hydrogen-bond acceptors (Lipinski definition) is 5. The molecule has 1 N–H and O–H groups in total. The van der Waals surface area contributed by atoms with Gasteiger partial charge in [0.15, 0.2) is 11.6 Å². The maximum atomic E-state index is 15.4. The van der Waals surface area contributed by atoms with Crippen LogP contribution in [0.15, 0.2) is 24.4 Å². The molecule has 7 nitrogen and oxygen atoms in total. The molecule has 1 aliphatic heterocycles. The zero-order chi connectivity index (χ0) is 31.0. The summed E-state index contributed by atoms with van der Waals surface area (Å²) in [4.78, 5) is 31.9. The Morgan fingerprint density at radius 1 is 1.17 bits per heavy atom. The molecule has 1 aromatic carbocycles. The molecule has 0 unspecified atom stereocenters. The number of rotatable bonds is 8. The van der Waals surface area contributed by atoms with Crippen LogP contribution in [-0.2, 0) is 17.5 Å². The van der Waals surface area contributed by atoms with Gasteiger partial charge in [-0.15, -0.1) is 0 Å². The molecular weight excluding hydrogens is 568 g/mol. The molecule has 4 rings (SSSR count). The zero-order valence-corrected chi connectivity index (χ0v) is 23.5. The number of alkyl halides is 5. The molecule has 1 saturated heterocycles. The molecule has 1 saturated carbocycles. The van der Waals surface area contributed by atoms with Gasteiger partial charge in [0, 0.05) is 49.8 Å². The first-order valence-corrected chi connectivity index (χ1v) is 13.8. The van der Waals surface area contributed by atoms with Crippen molar-refractivity contribution in [3.63, 3.8) is 0 Å². The number of carbonyl (C=O) groups excluding carboxylic acids is 1. The first-order chi connectivity index (χ1) is 19.6. The summed E-state index contributed by atoms with van der Waals surface area (Å²) in [5, 5.41) is 9.93. The van der Waals surface area contributed by atoms with E-state index >= 15 is 4.39 Å². The lowest BCUT2D eigenvalue weighted by Gasteiger charge is -2.34. The van der Waals surface area contributed by atoms with Gasteiger partial charge >= 0.3 is 12.1 Å². The van der Waals surface area contributed by atoms with Crippen LogP contribution in [0.5, 0.6) is 11.6 Å². The van der Waals surface area contributed by atoms with Gasteiger partial charge in [0.2, 0.25) is 11.8 Å². The number of benzene rings is 1. The molecule has 0 spiro atoms. The lowest BCUT2D eigenvalue weighted by molar-refractivity contribution is -0.139. The minimum absolute atomic E-state index is 0.00209. The molecule has 42 heavy (non-hydrogen) atoms. The van der Waals surface area contributed by atoms with Crippen molar-refractivity contribution in [2.75, 3.05) is 18.0 Å². The van der Waals surface area contributed by atoms with Crippen LogP contribution in [0.1, 0.15) is 74.4 Å². The van der Waals surface area contributed by atoms with Gasteiger partial charge in [0.05, 0.1) is 17.8 Å². The Balaban J connectivity index is 1.66. The lowest BCUT2D eigenvalue weighted by Crippen LogP contribution is -2.43. The monoisotopic (exact) mass is 601 g/mol. The smallest absolute Gasteiger partial charge is 0.421 e. The largest absolute Gasteiger partial charge is 0.478 e. The third-order valence-corrected chi connectivity index (χ3v) is 7.73. The van der Waals surface area contributed by atoms with Crippen LogP contribution >= 0.6 is 0 Å². The normalized spacial score (nSPS) is 21.0. The van der Waals surface area contributed by atoms with Gasteiger partial charge < -0.3 is 14.7 Å². The Morgan fingerprint density at radius 2 is 1.83 bits per heavy atom. The summed E-state index contributed by atoms with van der Waals surface area (Å²) in [6, 6.07) is 1.66. The maximum absolute atomic E-state index is 15.4. The number of hydrogen-bond donors (Lipinski definition) is 1. The minimum atomic E-state index is -5.00. The summed E-state index contributed by atoms with van der Waals surface area (Å²) in [6.45, 7) is 4.58. The van der Waals surface area contributed by atoms with E-state index in [-0.39, 0.29) is 36.2 Å². The van der Waals surface area contributed by atoms with E-state index in [4.69, 9.17) is 4.74 Å². The van der Waals surface area contributed by atoms with Crippen molar-refractivity contribution in [2.24, 2.45) is 11.8 Å². The van der Waals surface area contributed by atoms with Crippen molar-refractivity contribution in [3.05, 3.63) is 46.9 Å². The number of nitrogens with zero attached hydrogens (tertiary/aromatic N) is 3. The van der Waals surface area contributed by atoms with E-state index in [2.05, 4.69) is 11.9 Å². The van der Waals surface area contributed by atoms with E-state index in [9.17, 15) is 36.6 Å². The first-order valence-electron chi connectivity index (χ1n) is 13.8. The van der Waals surface area contributed by atoms with Crippen molar-refractivity contribution < 1.29 is 45.8 Å². The second-order valence-corrected chi connectivity index (χ2v) is 11.5. The second kappa shape index (κ2) is 12.1. The van der Waals surface area contributed by atoms with Gasteiger partial charge in [0.1, 0.15) is 5.56 Å². The number of ether oxygens (including phenoxy) is 1. The fourth-order valence-electron chi connectivity index (χ4n) is 5.52. The van der Waals surface area contributed by atoms with E-state index in [0.717, 1.165) is 31.2 Å². The minimum Gasteiger partial charge on any atom is -0.478 e. The molecule has 1 amide bonds. The Bertz CT molecular complexity index is 1330. The van der Waals surface area contributed by atoms with E-state index in [1.165, 1.54) is 9.80 Å². The second-order valence-electron chi connectivity index (χ2n) is 11.5. The Labute approximate surface area is 239 Å². The van der Waals surface area contributed by atoms with Crippen LogP contribution in [0.4, 0.5) is 32.0 Å². The lowest BCUT2D eigenvalue weighted by atomic mass is 9.82. The predicted molar refractivity (Wildman–Crippen MR) is 141 cm³/mol. The number of likely N-dealkylation sites (tertiary alicyclic amines) is 1. The average Bonchev–Trinajstić information content (AvgIpc) is 3.23. The summed E-state index contributed by atoms with van der Waals surface area (Å²) in [7, 11) is 0. The predicted octanol–water partition coefficient (Wildman–Crippen LogP) is 7.14. The summed E-state index contributed by atoms with van der Waals surface area (Å²) in [6.07, 6.45) is -1.53. The van der Waals surface area contributed by atoms with Crippen molar-refractivity contribution in [1.82, 2.24) is 9.88 Å². The number of aromatic carboxylic acids is 1. The van der Waals surface area contributed by atoms with Crippen LogP contribution in [0.2, 0.25) is 0 Å². The van der Waals surface area contributed by atoms with Gasteiger partial charge in [-0.25, -0.2) is 22.9 Å². The number of anilines is 1. The van der Waals surface area contributed by atoms with Crippen molar-refractivity contribution in [2.45, 2.75) is 77.6 Å². The number of pyridine rings is 1. The molecule has 13 heteroatoms. The first kappa shape index (κ1) is 31.6. The van der Waals surface area contributed by atoms with Gasteiger partial charge in [-0.3, -0.25) is 9.69 Å². The molecule has 2 aliphatic rings. The fraction of sp³-hybridized carbons (Fsp3) is 0.552. The molecule has 0 bridgehead atoms. The highest BCUT2D eigenvalue weighted by Gasteiger charge is 2.40. The van der Waals surface area contributed by atoms with Crippen molar-refractivity contribution in [1.29, 1.82) is 0 Å². The molecule has 2 aromatic rings. The summed E-state index contributed by atoms with van der Waals surface area (Å²) in [5.74, 6) is -7.78. The zero-order valence-electron chi connectivity index (χ0n) is 23.5. The molecule has 1 aromatic heterocycles. The van der Waals surface area contributed by atoms with Crippen LogP contribution in [0.3, 0.4) is 0 Å². The van der Waals surface area contributed by atoms with Crippen LogP contribution in [-0.4, -0.2) is 51.9 Å². The van der Waals surface area contributed by atoms with Gasteiger partial charge in [-0.2, -0.15) is 13.2 Å². The van der Waals surface area contributed by atoms with Gasteiger partial charge in [-0.05, 0) is 57.1 Å². The molecule has 230 valence electrons. The number of halogens is 6. The summed E-state index contributed by atoms with van der Waals surface area (Å²) < 4.78 is 89.4.